The SMILES string of the molecule is CCN(CC)C(C#N)C1CCCC1. The Labute approximate surface area is 81.5 Å². The first-order chi connectivity index (χ1) is 6.33. The molecule has 0 spiro atoms. The minimum Gasteiger partial charge on any atom is -0.288 e. The summed E-state index contributed by atoms with van der Waals surface area (Å²) in [5, 5.41) is 9.13. The van der Waals surface area contributed by atoms with E-state index in [2.05, 4.69) is 24.8 Å². The number of rotatable bonds is 4. The van der Waals surface area contributed by atoms with E-state index in [0.29, 0.717) is 5.92 Å². The van der Waals surface area contributed by atoms with E-state index in [4.69, 9.17) is 5.26 Å². The fourth-order valence-corrected chi connectivity index (χ4v) is 2.38. The van der Waals surface area contributed by atoms with E-state index in [0.717, 1.165) is 13.1 Å². The van der Waals surface area contributed by atoms with Crippen LogP contribution in [0.2, 0.25) is 0 Å². The van der Waals surface area contributed by atoms with Crippen LogP contribution in [0, 0.1) is 17.2 Å². The molecule has 74 valence electrons. The average molecular weight is 180 g/mol. The molecule has 2 nitrogen and oxygen atoms in total. The zero-order valence-electron chi connectivity index (χ0n) is 8.79. The molecular formula is C11H20N2. The van der Waals surface area contributed by atoms with E-state index >= 15 is 0 Å². The van der Waals surface area contributed by atoms with Crippen LogP contribution < -0.4 is 0 Å². The lowest BCUT2D eigenvalue weighted by Gasteiger charge is -2.28. The van der Waals surface area contributed by atoms with Gasteiger partial charge in [0.05, 0.1) is 6.07 Å². The van der Waals surface area contributed by atoms with Crippen LogP contribution in [0.4, 0.5) is 0 Å². The second-order valence-corrected chi connectivity index (χ2v) is 3.84. The highest BCUT2D eigenvalue weighted by atomic mass is 15.1. The van der Waals surface area contributed by atoms with Crippen LogP contribution in [0.25, 0.3) is 0 Å². The molecule has 2 heteroatoms. The molecule has 0 N–H and O–H groups in total. The van der Waals surface area contributed by atoms with Gasteiger partial charge in [-0.1, -0.05) is 26.7 Å². The zero-order chi connectivity index (χ0) is 9.68. The Morgan fingerprint density at radius 1 is 1.31 bits per heavy atom. The van der Waals surface area contributed by atoms with Crippen LogP contribution in [-0.4, -0.2) is 24.0 Å². The Kier molecular flexibility index (Phi) is 4.24. The number of nitrogens with zero attached hydrogens (tertiary/aromatic N) is 2. The summed E-state index contributed by atoms with van der Waals surface area (Å²) in [7, 11) is 0. The quantitative estimate of drug-likeness (QED) is 0.664. The van der Waals surface area contributed by atoms with Gasteiger partial charge in [-0.05, 0) is 31.8 Å². The van der Waals surface area contributed by atoms with Crippen LogP contribution in [0.3, 0.4) is 0 Å². The first-order valence-electron chi connectivity index (χ1n) is 5.47. The van der Waals surface area contributed by atoms with Crippen LogP contribution >= 0.6 is 0 Å². The van der Waals surface area contributed by atoms with E-state index < -0.39 is 0 Å². The highest BCUT2D eigenvalue weighted by Crippen LogP contribution is 2.29. The maximum absolute atomic E-state index is 9.13. The molecule has 0 aliphatic heterocycles. The van der Waals surface area contributed by atoms with Crippen LogP contribution in [0.15, 0.2) is 0 Å². The van der Waals surface area contributed by atoms with Crippen molar-refractivity contribution in [3.05, 3.63) is 0 Å². The van der Waals surface area contributed by atoms with E-state index in [1.165, 1.54) is 25.7 Å². The van der Waals surface area contributed by atoms with Gasteiger partial charge in [-0.25, -0.2) is 0 Å². The molecule has 1 saturated carbocycles. The van der Waals surface area contributed by atoms with Crippen molar-refractivity contribution in [3.8, 4) is 6.07 Å². The Hall–Kier alpha value is -0.550. The van der Waals surface area contributed by atoms with Crippen molar-refractivity contribution in [3.63, 3.8) is 0 Å². The predicted molar refractivity (Wildman–Crippen MR) is 54.3 cm³/mol. The van der Waals surface area contributed by atoms with E-state index in [1.54, 1.807) is 0 Å². The van der Waals surface area contributed by atoms with Gasteiger partial charge in [0.15, 0.2) is 0 Å². The summed E-state index contributed by atoms with van der Waals surface area (Å²) >= 11 is 0. The molecule has 1 aliphatic rings. The molecule has 0 amide bonds. The molecule has 13 heavy (non-hydrogen) atoms. The highest BCUT2D eigenvalue weighted by molar-refractivity contribution is 4.97. The summed E-state index contributed by atoms with van der Waals surface area (Å²) in [5.74, 6) is 0.643. The minimum absolute atomic E-state index is 0.178. The van der Waals surface area contributed by atoms with Gasteiger partial charge < -0.3 is 0 Å². The zero-order valence-corrected chi connectivity index (χ0v) is 8.79. The fraction of sp³-hybridized carbons (Fsp3) is 0.909. The Morgan fingerprint density at radius 2 is 1.85 bits per heavy atom. The molecule has 0 aromatic rings. The second kappa shape index (κ2) is 5.24. The van der Waals surface area contributed by atoms with Gasteiger partial charge in [-0.3, -0.25) is 4.90 Å². The lowest BCUT2D eigenvalue weighted by atomic mass is 9.98. The summed E-state index contributed by atoms with van der Waals surface area (Å²) in [6, 6.07) is 2.65. The topological polar surface area (TPSA) is 27.0 Å². The van der Waals surface area contributed by atoms with Crippen molar-refractivity contribution in [2.75, 3.05) is 13.1 Å². The first kappa shape index (κ1) is 10.5. The second-order valence-electron chi connectivity index (χ2n) is 3.84. The molecule has 1 atom stereocenters. The molecule has 0 bridgehead atoms. The van der Waals surface area contributed by atoms with Crippen molar-refractivity contribution < 1.29 is 0 Å². The lowest BCUT2D eigenvalue weighted by molar-refractivity contribution is 0.200. The van der Waals surface area contributed by atoms with Crippen molar-refractivity contribution in [2.24, 2.45) is 5.92 Å². The standard InChI is InChI=1S/C11H20N2/c1-3-13(4-2)11(9-12)10-7-5-6-8-10/h10-11H,3-8H2,1-2H3. The monoisotopic (exact) mass is 180 g/mol. The van der Waals surface area contributed by atoms with Gasteiger partial charge in [0.1, 0.15) is 6.04 Å². The third kappa shape index (κ3) is 2.45. The van der Waals surface area contributed by atoms with Gasteiger partial charge in [-0.2, -0.15) is 5.26 Å². The first-order valence-corrected chi connectivity index (χ1v) is 5.47. The van der Waals surface area contributed by atoms with Crippen molar-refractivity contribution in [2.45, 2.75) is 45.6 Å². The summed E-state index contributed by atoms with van der Waals surface area (Å²) in [4.78, 5) is 2.29. The molecular weight excluding hydrogens is 160 g/mol. The van der Waals surface area contributed by atoms with Gasteiger partial charge in [0.25, 0.3) is 0 Å². The molecule has 0 saturated heterocycles. The average Bonchev–Trinajstić information content (AvgIpc) is 2.66. The van der Waals surface area contributed by atoms with E-state index in [-0.39, 0.29) is 6.04 Å². The summed E-state index contributed by atoms with van der Waals surface area (Å²) in [6.07, 6.45) is 5.16. The Bertz CT molecular complexity index is 171. The molecule has 1 aliphatic carbocycles. The number of hydrogen-bond donors (Lipinski definition) is 0. The van der Waals surface area contributed by atoms with Crippen LogP contribution in [0.1, 0.15) is 39.5 Å². The third-order valence-corrected chi connectivity index (χ3v) is 3.18. The summed E-state index contributed by atoms with van der Waals surface area (Å²) in [5.41, 5.74) is 0. The molecule has 1 rings (SSSR count). The third-order valence-electron chi connectivity index (χ3n) is 3.18. The van der Waals surface area contributed by atoms with Gasteiger partial charge in [0.2, 0.25) is 0 Å². The molecule has 0 aromatic heterocycles. The Morgan fingerprint density at radius 3 is 2.23 bits per heavy atom. The predicted octanol–water partition coefficient (Wildman–Crippen LogP) is 2.41. The Balaban J connectivity index is 2.54. The van der Waals surface area contributed by atoms with Gasteiger partial charge in [0, 0.05) is 0 Å². The maximum atomic E-state index is 9.13. The molecule has 0 aromatic carbocycles. The van der Waals surface area contributed by atoms with Crippen molar-refractivity contribution in [1.29, 1.82) is 5.26 Å². The van der Waals surface area contributed by atoms with Crippen LogP contribution in [0.5, 0.6) is 0 Å². The minimum atomic E-state index is 0.178. The van der Waals surface area contributed by atoms with Crippen molar-refractivity contribution >= 4 is 0 Å². The normalized spacial score (nSPS) is 20.5. The molecule has 0 heterocycles. The number of hydrogen-bond acceptors (Lipinski definition) is 2. The highest BCUT2D eigenvalue weighted by Gasteiger charge is 2.28. The summed E-state index contributed by atoms with van der Waals surface area (Å²) in [6.45, 7) is 6.29. The fourth-order valence-electron chi connectivity index (χ4n) is 2.38. The molecule has 1 fully saturated rings. The van der Waals surface area contributed by atoms with E-state index in [1.807, 2.05) is 0 Å². The maximum Gasteiger partial charge on any atom is 0.101 e. The molecule has 0 radical (unpaired) electrons. The summed E-state index contributed by atoms with van der Waals surface area (Å²) < 4.78 is 0. The van der Waals surface area contributed by atoms with Crippen LogP contribution in [-0.2, 0) is 0 Å². The van der Waals surface area contributed by atoms with Gasteiger partial charge in [-0.15, -0.1) is 0 Å². The largest absolute Gasteiger partial charge is 0.288 e. The van der Waals surface area contributed by atoms with E-state index in [9.17, 15) is 0 Å². The van der Waals surface area contributed by atoms with Gasteiger partial charge >= 0.3 is 0 Å². The van der Waals surface area contributed by atoms with Crippen molar-refractivity contribution in [1.82, 2.24) is 4.90 Å². The lowest BCUT2D eigenvalue weighted by Crippen LogP contribution is -2.38. The number of nitriles is 1. The smallest absolute Gasteiger partial charge is 0.101 e. The molecule has 1 unspecified atom stereocenters.